The Labute approximate surface area is 431 Å². The minimum Gasteiger partial charge on any atom is -0.106 e. The van der Waals surface area contributed by atoms with E-state index in [9.17, 15) is 0 Å². The van der Waals surface area contributed by atoms with Crippen molar-refractivity contribution in [2.75, 3.05) is 0 Å². The first-order valence-electron chi connectivity index (χ1n) is 18.3. The monoisotopic (exact) mass is 880 g/mol. The maximum absolute atomic E-state index is 4.95. The van der Waals surface area contributed by atoms with Gasteiger partial charge in [0.2, 0.25) is 0 Å². The zero-order valence-corrected chi connectivity index (χ0v) is 37.1. The predicted octanol–water partition coefficient (Wildman–Crippen LogP) is 0.758. The molecule has 0 aliphatic heterocycles. The van der Waals surface area contributed by atoms with E-state index in [2.05, 4.69) is 420 Å². The molecule has 0 aromatic carbocycles. The summed E-state index contributed by atoms with van der Waals surface area (Å²) in [7, 11) is 0. The molecule has 0 aliphatic carbocycles. The van der Waals surface area contributed by atoms with Gasteiger partial charge in [-0.25, -0.2) is 0 Å². The molecule has 73 heavy (non-hydrogen) atoms. The summed E-state index contributed by atoms with van der Waals surface area (Å²) in [6.07, 6.45) is 4.95. The average molecular weight is 881 g/mol. The highest BCUT2D eigenvalue weighted by Gasteiger charge is 1.64. The number of terminal acetylenes is 1. The average Bonchev–Trinajstić information content (AvgIpc) is 3.40. The molecule has 0 heterocycles. The molecule has 0 spiro atoms. The van der Waals surface area contributed by atoms with Crippen molar-refractivity contribution in [1.29, 1.82) is 0 Å². The molecule has 0 aliphatic rings. The molecule has 0 amide bonds. The van der Waals surface area contributed by atoms with E-state index in [-0.39, 0.29) is 0 Å². The van der Waals surface area contributed by atoms with Crippen molar-refractivity contribution in [2.24, 2.45) is 0 Å². The number of rotatable bonds is 0. The molecule has 0 aromatic rings. The van der Waals surface area contributed by atoms with Crippen molar-refractivity contribution >= 4 is 0 Å². The summed E-state index contributed by atoms with van der Waals surface area (Å²) in [6, 6.07) is 0. The summed E-state index contributed by atoms with van der Waals surface area (Å²) in [6.45, 7) is 1.68. The molecule has 296 valence electrons. The van der Waals surface area contributed by atoms with Gasteiger partial charge in [-0.15, -0.1) is 6.42 Å². The predicted molar refractivity (Wildman–Crippen MR) is 287 cm³/mol. The van der Waals surface area contributed by atoms with Crippen LogP contribution in [-0.2, 0) is 0 Å². The molecule has 0 radical (unpaired) electrons. The molecule has 0 rings (SSSR count). The van der Waals surface area contributed by atoms with Crippen molar-refractivity contribution in [3.8, 4) is 427 Å². The van der Waals surface area contributed by atoms with E-state index in [0.717, 1.165) is 0 Å². The SMILES string of the molecule is C#CC#CC#CC#CC#CC#CC#CC#CC#CC#CC#CC#CC#CC#CC#CC#CC#CC#CC#CC#CC#CC#CC#CC#CC#CC#CC#CC#CC#CC#CC#CC#CC#CC#CC#CC#CC. The van der Waals surface area contributed by atoms with Gasteiger partial charge in [-0.1, -0.05) is 5.92 Å². The fourth-order valence-electron chi connectivity index (χ4n) is 2.19. The minimum absolute atomic E-state index is 1.68. The van der Waals surface area contributed by atoms with Crippen LogP contribution in [0.25, 0.3) is 0 Å². The standard InChI is InChI=1S/C73H4/c1-3-5-7-9-11-13-15-17-19-21-23-25-27-29-31-33-35-37-39-41-43-45-47-49-51-53-55-57-59-61-63-65-67-69-71-73-72-70-68-66-64-62-60-58-56-54-52-50-48-46-44-42-40-38-36-34-32-30-28-26-24-22-20-18-16-14-12-10-8-6-4-2/h1H,2H3. The summed E-state index contributed by atoms with van der Waals surface area (Å²) in [4.78, 5) is 0. The van der Waals surface area contributed by atoms with Crippen LogP contribution in [0.1, 0.15) is 6.92 Å². The van der Waals surface area contributed by atoms with Gasteiger partial charge in [-0.2, -0.15) is 0 Å². The topological polar surface area (TPSA) is 0 Å². The smallest absolute Gasteiger partial charge is 0 e. The van der Waals surface area contributed by atoms with Crippen molar-refractivity contribution in [2.45, 2.75) is 6.92 Å². The van der Waals surface area contributed by atoms with Gasteiger partial charge in [0.05, 0.1) is 0 Å². The van der Waals surface area contributed by atoms with Crippen LogP contribution < -0.4 is 0 Å². The lowest BCUT2D eigenvalue weighted by molar-refractivity contribution is 1.92. The third-order valence-corrected chi connectivity index (χ3v) is 4.45. The Hall–Kier alpha value is -15.8. The van der Waals surface area contributed by atoms with Gasteiger partial charge in [-0.05, 0) is 102 Å². The van der Waals surface area contributed by atoms with Gasteiger partial charge in [-0.3, -0.25) is 0 Å². The Balaban J connectivity index is 4.61. The zero-order chi connectivity index (χ0) is 52.2. The fourth-order valence-corrected chi connectivity index (χ4v) is 2.19. The van der Waals surface area contributed by atoms with Gasteiger partial charge in [0.25, 0.3) is 0 Å². The Kier molecular flexibility index (Phi) is 44.0. The van der Waals surface area contributed by atoms with Crippen LogP contribution in [0, 0.1) is 427 Å². The molecule has 0 atom stereocenters. The van der Waals surface area contributed by atoms with Crippen LogP contribution in [0.3, 0.4) is 0 Å². The lowest BCUT2D eigenvalue weighted by atomic mass is 10.4. The quantitative estimate of drug-likeness (QED) is 0.316. The summed E-state index contributed by atoms with van der Waals surface area (Å²) in [5.41, 5.74) is 0. The molecule has 0 bridgehead atoms. The van der Waals surface area contributed by atoms with E-state index in [1.165, 1.54) is 0 Å². The number of hydrogen-bond acceptors (Lipinski definition) is 0. The molecule has 0 fully saturated rings. The van der Waals surface area contributed by atoms with Crippen LogP contribution in [0.4, 0.5) is 0 Å². The van der Waals surface area contributed by atoms with Crippen LogP contribution in [-0.4, -0.2) is 0 Å². The van der Waals surface area contributed by atoms with Gasteiger partial charge >= 0.3 is 0 Å². The van der Waals surface area contributed by atoms with E-state index in [4.69, 9.17) is 6.42 Å². The van der Waals surface area contributed by atoms with Gasteiger partial charge < -0.3 is 0 Å². The highest BCUT2D eigenvalue weighted by molar-refractivity contribution is 5.53. The van der Waals surface area contributed by atoms with Crippen LogP contribution in [0.15, 0.2) is 0 Å². The van der Waals surface area contributed by atoms with Crippen LogP contribution in [0.2, 0.25) is 0 Å². The van der Waals surface area contributed by atoms with Crippen molar-refractivity contribution in [1.82, 2.24) is 0 Å². The maximum Gasteiger partial charge on any atom is 0 e. The van der Waals surface area contributed by atoms with Crippen LogP contribution >= 0.6 is 0 Å². The normalized spacial score (nSPS) is 3.95. The zero-order valence-electron chi connectivity index (χ0n) is 37.1. The fraction of sp³-hybridized carbons (Fsp3) is 0.0137. The first-order valence-corrected chi connectivity index (χ1v) is 18.3. The summed E-state index contributed by atoms with van der Waals surface area (Å²) >= 11 is 0. The van der Waals surface area contributed by atoms with Crippen molar-refractivity contribution in [3.05, 3.63) is 0 Å². The molecule has 0 aromatic heterocycles. The van der Waals surface area contributed by atoms with E-state index in [1.54, 1.807) is 6.92 Å². The summed E-state index contributed by atoms with van der Waals surface area (Å²) < 4.78 is 0. The summed E-state index contributed by atoms with van der Waals surface area (Å²) in [5, 5.41) is 0. The Morgan fingerprint density at radius 3 is 0.247 bits per heavy atom. The van der Waals surface area contributed by atoms with Crippen molar-refractivity contribution in [3.63, 3.8) is 0 Å². The maximum atomic E-state index is 4.95. The van der Waals surface area contributed by atoms with E-state index in [1.807, 2.05) is 0 Å². The lowest BCUT2D eigenvalue weighted by Gasteiger charge is -1.58. The molecule has 0 nitrogen and oxygen atoms in total. The van der Waals surface area contributed by atoms with Gasteiger partial charge in [0.15, 0.2) is 0 Å². The third-order valence-electron chi connectivity index (χ3n) is 4.45. The van der Waals surface area contributed by atoms with Crippen LogP contribution in [0.5, 0.6) is 0 Å². The molecule has 0 N–H and O–H groups in total. The molecular formula is C73H4. The molecule has 0 heteroatoms. The van der Waals surface area contributed by atoms with Gasteiger partial charge in [0, 0.05) is 320 Å². The second-order valence-electron chi connectivity index (χ2n) is 9.02. The van der Waals surface area contributed by atoms with Crippen molar-refractivity contribution < 1.29 is 0 Å². The Bertz CT molecular complexity index is 4840. The highest BCUT2D eigenvalue weighted by atomic mass is 13.7. The molecule has 0 saturated heterocycles. The lowest BCUT2D eigenvalue weighted by Crippen LogP contribution is -1.57. The summed E-state index contributed by atoms with van der Waals surface area (Å²) in [5.74, 6) is 177. The Morgan fingerprint density at radius 1 is 0.110 bits per heavy atom. The highest BCUT2D eigenvalue weighted by Crippen LogP contribution is 1.64. The minimum atomic E-state index is 1.68. The third kappa shape index (κ3) is 56.2. The molecule has 0 saturated carbocycles. The largest absolute Gasteiger partial charge is 0.106 e. The molecule has 0 unspecified atom stereocenters. The van der Waals surface area contributed by atoms with Gasteiger partial charge in [0.1, 0.15) is 0 Å². The Morgan fingerprint density at radius 2 is 0.178 bits per heavy atom. The second-order valence-corrected chi connectivity index (χ2v) is 9.02. The van der Waals surface area contributed by atoms with E-state index >= 15 is 0 Å². The first-order chi connectivity index (χ1) is 36.4. The van der Waals surface area contributed by atoms with E-state index in [0.29, 0.717) is 0 Å². The second kappa shape index (κ2) is 56.2. The van der Waals surface area contributed by atoms with E-state index < -0.39 is 0 Å². The number of hydrogen-bond donors (Lipinski definition) is 0. The first kappa shape index (κ1) is 57.2. The molecular weight excluding hydrogens is 877 g/mol.